The van der Waals surface area contributed by atoms with Crippen molar-refractivity contribution in [2.45, 2.75) is 32.6 Å². The maximum Gasteiger partial charge on any atom is 0.308 e. The van der Waals surface area contributed by atoms with E-state index in [-0.39, 0.29) is 11.9 Å². The van der Waals surface area contributed by atoms with Gasteiger partial charge >= 0.3 is 11.9 Å². The van der Waals surface area contributed by atoms with Crippen molar-refractivity contribution in [1.82, 2.24) is 0 Å². The summed E-state index contributed by atoms with van der Waals surface area (Å²) in [6, 6.07) is 14.9. The second-order valence-electron chi connectivity index (χ2n) is 5.80. The third kappa shape index (κ3) is 6.63. The lowest BCUT2D eigenvalue weighted by molar-refractivity contribution is -0.132. The van der Waals surface area contributed by atoms with Crippen LogP contribution in [0, 0.1) is 0 Å². The van der Waals surface area contributed by atoms with Crippen LogP contribution in [0.15, 0.2) is 55.1 Å². The highest BCUT2D eigenvalue weighted by atomic mass is 16.5. The van der Waals surface area contributed by atoms with Gasteiger partial charge in [0.05, 0.1) is 0 Å². The summed E-state index contributed by atoms with van der Waals surface area (Å²) >= 11 is 0. The normalized spacial score (nSPS) is 12.4. The molecule has 0 unspecified atom stereocenters. The molecule has 1 aliphatic carbocycles. The molecule has 1 aliphatic rings. The molecule has 0 aliphatic heterocycles. The van der Waals surface area contributed by atoms with Crippen LogP contribution in [0.3, 0.4) is 0 Å². The van der Waals surface area contributed by atoms with Crippen LogP contribution in [0.25, 0.3) is 6.08 Å². The smallest absolute Gasteiger partial charge is 0.308 e. The molecule has 0 atom stereocenters. The average Bonchev–Trinajstić information content (AvgIpc) is 3.41. The number of ether oxygens (including phenoxy) is 2. The van der Waals surface area contributed by atoms with Gasteiger partial charge in [0.25, 0.3) is 0 Å². The van der Waals surface area contributed by atoms with Crippen LogP contribution in [-0.4, -0.2) is 11.9 Å². The van der Waals surface area contributed by atoms with E-state index in [1.807, 2.05) is 36.4 Å². The second kappa shape index (κ2) is 8.83. The summed E-state index contributed by atoms with van der Waals surface area (Å²) in [5.41, 5.74) is 2.36. The van der Waals surface area contributed by atoms with Crippen LogP contribution in [0.1, 0.15) is 43.7 Å². The lowest BCUT2D eigenvalue weighted by Gasteiger charge is -2.01. The molecule has 0 spiro atoms. The Balaban J connectivity index is 0.000000181. The van der Waals surface area contributed by atoms with Crippen LogP contribution in [0.4, 0.5) is 0 Å². The van der Waals surface area contributed by atoms with Gasteiger partial charge < -0.3 is 9.47 Å². The van der Waals surface area contributed by atoms with Crippen molar-refractivity contribution in [1.29, 1.82) is 0 Å². The van der Waals surface area contributed by atoms with Crippen molar-refractivity contribution >= 4 is 18.0 Å². The maximum absolute atomic E-state index is 10.6. The predicted molar refractivity (Wildman–Crippen MR) is 97.6 cm³/mol. The molecule has 0 radical (unpaired) electrons. The van der Waals surface area contributed by atoms with Crippen LogP contribution in [0.5, 0.6) is 11.5 Å². The molecule has 130 valence electrons. The molecular formula is C21H22O4. The minimum absolute atomic E-state index is 0.265. The molecule has 0 bridgehead atoms. The lowest BCUT2D eigenvalue weighted by Crippen LogP contribution is -2.00. The minimum Gasteiger partial charge on any atom is -0.427 e. The molecule has 2 aromatic rings. The fourth-order valence-electron chi connectivity index (χ4n) is 2.23. The van der Waals surface area contributed by atoms with Crippen molar-refractivity contribution in [3.63, 3.8) is 0 Å². The molecular weight excluding hydrogens is 316 g/mol. The molecule has 1 fully saturated rings. The summed E-state index contributed by atoms with van der Waals surface area (Å²) in [7, 11) is 0. The first-order valence-electron chi connectivity index (χ1n) is 8.17. The lowest BCUT2D eigenvalue weighted by atomic mass is 10.1. The van der Waals surface area contributed by atoms with E-state index >= 15 is 0 Å². The maximum atomic E-state index is 10.6. The van der Waals surface area contributed by atoms with E-state index in [2.05, 4.69) is 6.58 Å². The molecule has 0 amide bonds. The van der Waals surface area contributed by atoms with Gasteiger partial charge in [-0.25, -0.2) is 0 Å². The molecule has 0 N–H and O–H groups in total. The van der Waals surface area contributed by atoms with Crippen molar-refractivity contribution < 1.29 is 19.1 Å². The number of hydrogen-bond donors (Lipinski definition) is 0. The van der Waals surface area contributed by atoms with Gasteiger partial charge in [-0.05, 0) is 54.2 Å². The van der Waals surface area contributed by atoms with Gasteiger partial charge in [0.15, 0.2) is 0 Å². The van der Waals surface area contributed by atoms with Gasteiger partial charge in [0.2, 0.25) is 0 Å². The summed E-state index contributed by atoms with van der Waals surface area (Å²) < 4.78 is 9.77. The number of esters is 2. The van der Waals surface area contributed by atoms with Crippen molar-refractivity contribution in [3.8, 4) is 11.5 Å². The van der Waals surface area contributed by atoms with Crippen LogP contribution < -0.4 is 9.47 Å². The van der Waals surface area contributed by atoms with Gasteiger partial charge in [0.1, 0.15) is 11.5 Å². The third-order valence-corrected chi connectivity index (χ3v) is 3.57. The Kier molecular flexibility index (Phi) is 6.52. The van der Waals surface area contributed by atoms with E-state index in [4.69, 9.17) is 9.47 Å². The van der Waals surface area contributed by atoms with Gasteiger partial charge in [-0.15, -0.1) is 0 Å². The van der Waals surface area contributed by atoms with Gasteiger partial charge in [-0.1, -0.05) is 36.9 Å². The van der Waals surface area contributed by atoms with E-state index in [0.29, 0.717) is 11.5 Å². The Labute approximate surface area is 148 Å². The van der Waals surface area contributed by atoms with E-state index in [1.165, 1.54) is 32.3 Å². The number of carbonyl (C=O) groups excluding carboxylic acids is 2. The largest absolute Gasteiger partial charge is 0.427 e. The Morgan fingerprint density at radius 3 is 1.68 bits per heavy atom. The fourth-order valence-corrected chi connectivity index (χ4v) is 2.23. The zero-order chi connectivity index (χ0) is 18.2. The Morgan fingerprint density at radius 1 is 0.880 bits per heavy atom. The molecule has 3 rings (SSSR count). The fraction of sp³-hybridized carbons (Fsp3) is 0.238. The first-order valence-corrected chi connectivity index (χ1v) is 8.17. The highest BCUT2D eigenvalue weighted by molar-refractivity contribution is 5.69. The first-order chi connectivity index (χ1) is 12.0. The monoisotopic (exact) mass is 338 g/mol. The van der Waals surface area contributed by atoms with Crippen molar-refractivity contribution in [3.05, 3.63) is 66.2 Å². The van der Waals surface area contributed by atoms with Crippen LogP contribution in [-0.2, 0) is 9.59 Å². The van der Waals surface area contributed by atoms with E-state index in [1.54, 1.807) is 18.2 Å². The van der Waals surface area contributed by atoms with E-state index < -0.39 is 0 Å². The highest BCUT2D eigenvalue weighted by Crippen LogP contribution is 2.40. The molecule has 0 saturated heterocycles. The highest BCUT2D eigenvalue weighted by Gasteiger charge is 2.22. The summed E-state index contributed by atoms with van der Waals surface area (Å²) in [5, 5.41) is 0. The third-order valence-electron chi connectivity index (χ3n) is 3.57. The summed E-state index contributed by atoms with van der Waals surface area (Å²) in [6.07, 6.45) is 4.33. The Hall–Kier alpha value is -2.88. The number of rotatable bonds is 4. The van der Waals surface area contributed by atoms with E-state index in [0.717, 1.165) is 11.5 Å². The number of benzene rings is 2. The standard InChI is InChI=1S/C11H12O2.C10H10O2/c1-8(12)13-11-6-4-10(5-7-11)9-2-3-9;1-3-9-4-6-10(7-5-9)12-8(2)11/h4-7,9H,2-3H2,1H3;3-7H,1H2,2H3. The first kappa shape index (κ1) is 18.5. The molecule has 2 aromatic carbocycles. The molecule has 4 nitrogen and oxygen atoms in total. The number of carbonyl (C=O) groups is 2. The Morgan fingerprint density at radius 2 is 1.32 bits per heavy atom. The summed E-state index contributed by atoms with van der Waals surface area (Å²) in [6.45, 7) is 6.40. The van der Waals surface area contributed by atoms with Crippen LogP contribution in [0.2, 0.25) is 0 Å². The Bertz CT molecular complexity index is 725. The summed E-state index contributed by atoms with van der Waals surface area (Å²) in [5.74, 6) is 1.39. The number of hydrogen-bond acceptors (Lipinski definition) is 4. The molecule has 0 aromatic heterocycles. The van der Waals surface area contributed by atoms with Crippen molar-refractivity contribution in [2.75, 3.05) is 0 Å². The average molecular weight is 338 g/mol. The van der Waals surface area contributed by atoms with Crippen molar-refractivity contribution in [2.24, 2.45) is 0 Å². The molecule has 4 heteroatoms. The topological polar surface area (TPSA) is 52.6 Å². The van der Waals surface area contributed by atoms with E-state index in [9.17, 15) is 9.59 Å². The summed E-state index contributed by atoms with van der Waals surface area (Å²) in [4.78, 5) is 21.1. The SMILES string of the molecule is C=Cc1ccc(OC(C)=O)cc1.CC(=O)Oc1ccc(C2CC2)cc1. The molecule has 1 saturated carbocycles. The van der Waals surface area contributed by atoms with Gasteiger partial charge in [-0.3, -0.25) is 9.59 Å². The zero-order valence-electron chi connectivity index (χ0n) is 14.5. The molecule has 25 heavy (non-hydrogen) atoms. The minimum atomic E-state index is -0.304. The van der Waals surface area contributed by atoms with Gasteiger partial charge in [0, 0.05) is 13.8 Å². The van der Waals surface area contributed by atoms with Gasteiger partial charge in [-0.2, -0.15) is 0 Å². The zero-order valence-corrected chi connectivity index (χ0v) is 14.5. The quantitative estimate of drug-likeness (QED) is 0.596. The second-order valence-corrected chi connectivity index (χ2v) is 5.80. The predicted octanol–water partition coefficient (Wildman–Crippen LogP) is 4.74. The van der Waals surface area contributed by atoms with Crippen LogP contribution >= 0.6 is 0 Å². The molecule has 0 heterocycles.